The highest BCUT2D eigenvalue weighted by Crippen LogP contribution is 2.54. The number of rotatable bonds is 5. The monoisotopic (exact) mass is 663 g/mol. The Hall–Kier alpha value is -3.76. The van der Waals surface area contributed by atoms with Crippen molar-refractivity contribution in [3.05, 3.63) is 87.9 Å². The first-order valence-corrected chi connectivity index (χ1v) is 11.5. The molecule has 0 N–H and O–H groups in total. The van der Waals surface area contributed by atoms with Crippen LogP contribution in [0.25, 0.3) is 0 Å². The Kier molecular flexibility index (Phi) is 8.45. The smallest absolute Gasteiger partial charge is 0.309 e. The number of anilines is 2. The van der Waals surface area contributed by atoms with Crippen LogP contribution < -0.4 is 9.80 Å². The lowest BCUT2D eigenvalue weighted by atomic mass is 10.0. The molecule has 3 rings (SSSR count). The number of hydrogen-bond acceptors (Lipinski definition) is 3. The fourth-order valence-electron chi connectivity index (χ4n) is 3.64. The van der Waals surface area contributed by atoms with E-state index in [2.05, 4.69) is 20.9 Å². The van der Waals surface area contributed by atoms with Crippen molar-refractivity contribution in [3.8, 4) is 0 Å². The summed E-state index contributed by atoms with van der Waals surface area (Å²) in [6, 6.07) is 5.42. The summed E-state index contributed by atoms with van der Waals surface area (Å²) in [6.45, 7) is 0. The number of pyridine rings is 1. The maximum absolute atomic E-state index is 15.6. The zero-order valence-electron chi connectivity index (χ0n) is 20.0. The summed E-state index contributed by atoms with van der Waals surface area (Å²) in [4.78, 5) is 28.3. The molecule has 0 aliphatic carbocycles. The van der Waals surface area contributed by atoms with Gasteiger partial charge in [0.1, 0.15) is 0 Å². The van der Waals surface area contributed by atoms with E-state index < -0.39 is 73.8 Å². The van der Waals surface area contributed by atoms with Crippen LogP contribution in [0.4, 0.5) is 59.7 Å². The number of alkyl halides is 10. The lowest BCUT2D eigenvalue weighted by molar-refractivity contribution is -0.338. The maximum Gasteiger partial charge on any atom is 0.452 e. The molecule has 0 unspecified atom stereocenters. The van der Waals surface area contributed by atoms with Crippen molar-refractivity contribution in [3.63, 3.8) is 0 Å². The van der Waals surface area contributed by atoms with Gasteiger partial charge in [0, 0.05) is 23.9 Å². The van der Waals surface area contributed by atoms with Gasteiger partial charge in [0.2, 0.25) is 0 Å². The summed E-state index contributed by atoms with van der Waals surface area (Å²) < 4.78 is 154. The summed E-state index contributed by atoms with van der Waals surface area (Å²) in [5, 5.41) is 0. The molecule has 0 saturated carbocycles. The topological polar surface area (TPSA) is 53.5 Å². The Morgan fingerprint density at radius 2 is 1.39 bits per heavy atom. The second-order valence-corrected chi connectivity index (χ2v) is 8.99. The fraction of sp³-hybridized carbons (Fsp3) is 0.208. The molecule has 0 radical (unpaired) electrons. The number of carbonyl (C=O) groups excluding carboxylic acids is 2. The molecule has 1 aromatic heterocycles. The lowest BCUT2D eigenvalue weighted by Gasteiger charge is -2.40. The van der Waals surface area contributed by atoms with E-state index in [-0.39, 0.29) is 11.6 Å². The fourth-order valence-corrected chi connectivity index (χ4v) is 4.18. The van der Waals surface area contributed by atoms with Crippen LogP contribution in [0.15, 0.2) is 65.4 Å². The molecule has 17 heteroatoms. The van der Waals surface area contributed by atoms with Gasteiger partial charge in [0.05, 0.1) is 28.1 Å². The molecule has 0 aliphatic heterocycles. The van der Waals surface area contributed by atoms with Gasteiger partial charge in [-0.05, 0) is 52.3 Å². The van der Waals surface area contributed by atoms with Gasteiger partial charge in [-0.3, -0.25) is 19.5 Å². The Morgan fingerprint density at radius 3 is 1.90 bits per heavy atom. The van der Waals surface area contributed by atoms with E-state index in [0.29, 0.717) is 29.2 Å². The van der Waals surface area contributed by atoms with Gasteiger partial charge in [0.15, 0.2) is 5.82 Å². The number of nitrogens with zero attached hydrogens (tertiary/aromatic N) is 3. The summed E-state index contributed by atoms with van der Waals surface area (Å²) in [5.74, 6) is -12.5. The minimum absolute atomic E-state index is 0.000657. The third-order valence-corrected chi connectivity index (χ3v) is 6.20. The zero-order chi connectivity index (χ0) is 31.1. The van der Waals surface area contributed by atoms with E-state index in [0.717, 1.165) is 19.3 Å². The average Bonchev–Trinajstić information content (AvgIpc) is 2.87. The van der Waals surface area contributed by atoms with Crippen molar-refractivity contribution < 1.29 is 57.9 Å². The van der Waals surface area contributed by atoms with Crippen LogP contribution in [0.1, 0.15) is 26.3 Å². The molecular weight excluding hydrogens is 651 g/mol. The molecule has 0 aliphatic rings. The van der Waals surface area contributed by atoms with Crippen molar-refractivity contribution in [2.45, 2.75) is 24.3 Å². The van der Waals surface area contributed by atoms with Crippen molar-refractivity contribution in [1.82, 2.24) is 4.98 Å². The van der Waals surface area contributed by atoms with Crippen LogP contribution in [-0.4, -0.2) is 42.0 Å². The van der Waals surface area contributed by atoms with Crippen molar-refractivity contribution in [1.29, 1.82) is 0 Å². The van der Waals surface area contributed by atoms with E-state index in [4.69, 9.17) is 0 Å². The van der Waals surface area contributed by atoms with Crippen LogP contribution >= 0.6 is 15.9 Å². The Balaban J connectivity index is 2.34. The van der Waals surface area contributed by atoms with Gasteiger partial charge in [-0.1, -0.05) is 12.1 Å². The van der Waals surface area contributed by atoms with Crippen LogP contribution in [0.3, 0.4) is 0 Å². The second kappa shape index (κ2) is 10.9. The molecule has 0 atom stereocenters. The standard InChI is InChI=1S/C24H13BrF11N3O2/c1-38(19(40)12-5-4-10-37-11-12)16-9-2-6-13(17(16)26)20(41)39(22(30,23(31,32)33)24(34,35)36)18-14(21(27,28)29)7-3-8-15(18)25/h2-11H,1H3. The number of benzene rings is 2. The SMILES string of the molecule is CN(C(=O)c1cccnc1)c1cccc(C(=O)N(c2c(Br)cccc2C(F)(F)F)C(F)(C(F)(F)F)C(F)(F)F)c1F. The summed E-state index contributed by atoms with van der Waals surface area (Å²) in [5.41, 5.74) is -7.28. The predicted molar refractivity (Wildman–Crippen MR) is 125 cm³/mol. The number of aromatic nitrogens is 1. The first kappa shape index (κ1) is 31.8. The molecule has 0 bridgehead atoms. The third kappa shape index (κ3) is 5.71. The number of carbonyl (C=O) groups is 2. The molecule has 2 amide bonds. The van der Waals surface area contributed by atoms with Gasteiger partial charge in [-0.2, -0.15) is 43.9 Å². The molecule has 1 heterocycles. The summed E-state index contributed by atoms with van der Waals surface area (Å²) in [6.07, 6.45) is -17.6. The van der Waals surface area contributed by atoms with E-state index >= 15 is 8.78 Å². The van der Waals surface area contributed by atoms with E-state index in [9.17, 15) is 49.1 Å². The minimum Gasteiger partial charge on any atom is -0.309 e. The predicted octanol–water partition coefficient (Wildman–Crippen LogP) is 7.72. The molecule has 0 fully saturated rings. The summed E-state index contributed by atoms with van der Waals surface area (Å²) in [7, 11) is 0.917. The van der Waals surface area contributed by atoms with Gasteiger partial charge in [-0.15, -0.1) is 0 Å². The third-order valence-electron chi connectivity index (χ3n) is 5.56. The largest absolute Gasteiger partial charge is 0.452 e. The van der Waals surface area contributed by atoms with Crippen LogP contribution in [-0.2, 0) is 6.18 Å². The molecule has 3 aromatic rings. The summed E-state index contributed by atoms with van der Waals surface area (Å²) >= 11 is 2.36. The highest BCUT2D eigenvalue weighted by Gasteiger charge is 2.78. The highest BCUT2D eigenvalue weighted by atomic mass is 79.9. The molecule has 0 spiro atoms. The van der Waals surface area contributed by atoms with Crippen LogP contribution in [0.5, 0.6) is 0 Å². The molecule has 0 saturated heterocycles. The quantitative estimate of drug-likeness (QED) is 0.208. The zero-order valence-corrected chi connectivity index (χ0v) is 21.6. The number of amides is 2. The van der Waals surface area contributed by atoms with E-state index in [1.165, 1.54) is 18.3 Å². The minimum atomic E-state index is -7.08. The van der Waals surface area contributed by atoms with E-state index in [1.807, 2.05) is 0 Å². The van der Waals surface area contributed by atoms with Crippen molar-refractivity contribution >= 4 is 39.1 Å². The van der Waals surface area contributed by atoms with Gasteiger partial charge in [0.25, 0.3) is 11.8 Å². The normalized spacial score (nSPS) is 12.7. The highest BCUT2D eigenvalue weighted by molar-refractivity contribution is 9.10. The van der Waals surface area contributed by atoms with Gasteiger partial charge in [-0.25, -0.2) is 4.39 Å². The molecule has 5 nitrogen and oxygen atoms in total. The van der Waals surface area contributed by atoms with Crippen LogP contribution in [0, 0.1) is 5.82 Å². The van der Waals surface area contributed by atoms with Gasteiger partial charge < -0.3 is 4.90 Å². The first-order valence-electron chi connectivity index (χ1n) is 10.7. The number of hydrogen-bond donors (Lipinski definition) is 0. The second-order valence-electron chi connectivity index (χ2n) is 8.14. The molecular formula is C24H13BrF11N3O2. The molecule has 2 aromatic carbocycles. The molecule has 220 valence electrons. The van der Waals surface area contributed by atoms with Crippen molar-refractivity contribution in [2.75, 3.05) is 16.8 Å². The Bertz CT molecular complexity index is 1440. The lowest BCUT2D eigenvalue weighted by Crippen LogP contribution is -2.67. The van der Waals surface area contributed by atoms with Crippen molar-refractivity contribution in [2.24, 2.45) is 0 Å². The molecule has 41 heavy (non-hydrogen) atoms. The first-order chi connectivity index (χ1) is 18.7. The van der Waals surface area contributed by atoms with E-state index in [1.54, 1.807) is 0 Å². The Morgan fingerprint density at radius 1 is 0.805 bits per heavy atom. The number of halogens is 12. The number of para-hydroxylation sites is 1. The average molecular weight is 664 g/mol. The van der Waals surface area contributed by atoms with Gasteiger partial charge >= 0.3 is 24.3 Å². The maximum atomic E-state index is 15.6. The van der Waals surface area contributed by atoms with Crippen LogP contribution in [0.2, 0.25) is 0 Å². The Labute approximate surface area is 231 Å².